The average Bonchev–Trinajstić information content (AvgIpc) is 3.27. The molecule has 10 rings (SSSR count). The fourth-order valence-electron chi connectivity index (χ4n) is 8.29. The summed E-state index contributed by atoms with van der Waals surface area (Å²) >= 11 is 0. The van der Waals surface area contributed by atoms with Gasteiger partial charge in [0, 0.05) is 0 Å². The van der Waals surface area contributed by atoms with Crippen molar-refractivity contribution in [1.29, 1.82) is 0 Å². The van der Waals surface area contributed by atoms with Gasteiger partial charge in [-0.3, -0.25) is 4.55 Å². The molecule has 0 fully saturated rings. The van der Waals surface area contributed by atoms with Gasteiger partial charge in [0.1, 0.15) is 10.1 Å². The summed E-state index contributed by atoms with van der Waals surface area (Å²) in [6.45, 7) is 0. The molecule has 0 amide bonds. The minimum absolute atomic E-state index is 0. The van der Waals surface area contributed by atoms with Crippen LogP contribution in [0.4, 0.5) is 0 Å². The molecule has 292 valence electrons. The summed E-state index contributed by atoms with van der Waals surface area (Å²) in [4.78, 5) is -0.331. The van der Waals surface area contributed by atoms with Gasteiger partial charge < -0.3 is 4.55 Å². The van der Waals surface area contributed by atoms with Crippen LogP contribution in [-0.2, 0) is 20.2 Å². The van der Waals surface area contributed by atoms with E-state index in [2.05, 4.69) is 30.3 Å². The van der Waals surface area contributed by atoms with Crippen LogP contribution in [-0.4, -0.2) is 25.9 Å². The van der Waals surface area contributed by atoms with Crippen LogP contribution in [0.15, 0.2) is 216 Å². The Morgan fingerprint density at radius 1 is 0.311 bits per heavy atom. The summed E-state index contributed by atoms with van der Waals surface area (Å²) in [6, 6.07) is 65.6. The molecule has 0 aromatic heterocycles. The van der Waals surface area contributed by atoms with E-state index >= 15 is 0 Å². The largest absolute Gasteiger partial charge is 1.00 e. The number of benzene rings is 10. The number of hydrogen-bond donors (Lipinski definition) is 1. The Balaban J connectivity index is 0.000000166. The van der Waals surface area contributed by atoms with E-state index in [9.17, 15) is 25.9 Å². The first kappa shape index (κ1) is 41.4. The van der Waals surface area contributed by atoms with Gasteiger partial charge in [0.15, 0.2) is 0 Å². The minimum Gasteiger partial charge on any atom is -0.744 e. The van der Waals surface area contributed by atoms with Crippen molar-refractivity contribution in [3.05, 3.63) is 206 Å². The van der Waals surface area contributed by atoms with Crippen LogP contribution < -0.4 is 18.9 Å². The number of rotatable bonds is 6. The quantitative estimate of drug-likeness (QED) is 0.102. The first-order valence-electron chi connectivity index (χ1n) is 19.2. The van der Waals surface area contributed by atoms with Crippen molar-refractivity contribution in [3.63, 3.8) is 0 Å². The van der Waals surface area contributed by atoms with Crippen molar-refractivity contribution < 1.29 is 44.8 Å². The van der Waals surface area contributed by atoms with Gasteiger partial charge in [-0.25, -0.2) is 8.42 Å². The van der Waals surface area contributed by atoms with E-state index in [1.54, 1.807) is 18.2 Å². The molecule has 9 heteroatoms. The molecule has 0 spiro atoms. The molecule has 0 aliphatic heterocycles. The molecule has 6 nitrogen and oxygen atoms in total. The molecule has 0 radical (unpaired) electrons. The summed E-state index contributed by atoms with van der Waals surface area (Å²) in [5.41, 5.74) is 8.00. The standard InChI is InChI=1S/2C26H18O3S.Li/c2*27-30(28,29)20-15-16-23-24(17-20)26(19-11-5-2-6-12-19)22-14-8-7-13-21(22)25(23)18-9-3-1-4-10-18;/h2*1-17H,(H,27,28,29);/q;;+1/p-1. The smallest absolute Gasteiger partial charge is 0.744 e. The van der Waals surface area contributed by atoms with Gasteiger partial charge in [0.25, 0.3) is 10.1 Å². The molecule has 0 atom stereocenters. The van der Waals surface area contributed by atoms with Crippen molar-refractivity contribution in [3.8, 4) is 44.5 Å². The number of hydrogen-bond acceptors (Lipinski definition) is 5. The van der Waals surface area contributed by atoms with Gasteiger partial charge in [-0.2, -0.15) is 8.42 Å². The van der Waals surface area contributed by atoms with Crippen molar-refractivity contribution in [2.45, 2.75) is 9.79 Å². The second kappa shape index (κ2) is 17.0. The van der Waals surface area contributed by atoms with E-state index in [-0.39, 0.29) is 28.7 Å². The van der Waals surface area contributed by atoms with Crippen LogP contribution in [0.25, 0.3) is 87.6 Å². The third-order valence-electron chi connectivity index (χ3n) is 10.8. The third-order valence-corrected chi connectivity index (χ3v) is 12.5. The molecule has 0 saturated carbocycles. The van der Waals surface area contributed by atoms with Gasteiger partial charge in [-0.15, -0.1) is 0 Å². The van der Waals surface area contributed by atoms with E-state index in [1.165, 1.54) is 18.2 Å². The van der Waals surface area contributed by atoms with Crippen LogP contribution in [0.2, 0.25) is 0 Å². The molecule has 0 aliphatic carbocycles. The third kappa shape index (κ3) is 8.02. The summed E-state index contributed by atoms with van der Waals surface area (Å²) in [6.07, 6.45) is 0. The predicted molar refractivity (Wildman–Crippen MR) is 242 cm³/mol. The zero-order valence-corrected chi connectivity index (χ0v) is 34.6. The van der Waals surface area contributed by atoms with E-state index in [4.69, 9.17) is 0 Å². The van der Waals surface area contributed by atoms with Crippen molar-refractivity contribution in [1.82, 2.24) is 0 Å². The summed E-state index contributed by atoms with van der Waals surface area (Å²) in [5, 5.41) is 7.59. The molecule has 1 N–H and O–H groups in total. The van der Waals surface area contributed by atoms with Crippen LogP contribution in [0, 0.1) is 0 Å². The molecule has 0 bridgehead atoms. The van der Waals surface area contributed by atoms with Crippen LogP contribution in [0.5, 0.6) is 0 Å². The molecular formula is C52H35LiO6S2. The zero-order valence-electron chi connectivity index (χ0n) is 32.9. The molecule has 0 aliphatic rings. The Hall–Kier alpha value is -6.34. The first-order chi connectivity index (χ1) is 29.1. The molecule has 10 aromatic rings. The predicted octanol–water partition coefficient (Wildman–Crippen LogP) is 9.81. The zero-order chi connectivity index (χ0) is 41.4. The summed E-state index contributed by atoms with van der Waals surface area (Å²) in [5.74, 6) is 0. The van der Waals surface area contributed by atoms with Gasteiger partial charge in [-0.1, -0.05) is 182 Å². The molecule has 0 saturated heterocycles. The van der Waals surface area contributed by atoms with E-state index in [0.717, 1.165) is 87.6 Å². The van der Waals surface area contributed by atoms with Crippen LogP contribution >= 0.6 is 0 Å². The molecule has 10 aromatic carbocycles. The van der Waals surface area contributed by atoms with E-state index in [0.29, 0.717) is 0 Å². The first-order valence-corrected chi connectivity index (χ1v) is 22.0. The van der Waals surface area contributed by atoms with Crippen LogP contribution in [0.3, 0.4) is 0 Å². The average molecular weight is 827 g/mol. The monoisotopic (exact) mass is 826 g/mol. The Morgan fingerprint density at radius 3 is 0.852 bits per heavy atom. The maximum Gasteiger partial charge on any atom is 1.00 e. The topological polar surface area (TPSA) is 112 Å². The minimum atomic E-state index is -4.57. The van der Waals surface area contributed by atoms with Gasteiger partial charge in [-0.05, 0) is 112 Å². The van der Waals surface area contributed by atoms with Gasteiger partial charge in [0.2, 0.25) is 0 Å². The van der Waals surface area contributed by atoms with E-state index < -0.39 is 20.2 Å². The molecule has 0 unspecified atom stereocenters. The van der Waals surface area contributed by atoms with Crippen molar-refractivity contribution in [2.24, 2.45) is 0 Å². The summed E-state index contributed by atoms with van der Waals surface area (Å²) in [7, 11) is -8.90. The Bertz CT molecular complexity index is 3220. The second-order valence-electron chi connectivity index (χ2n) is 14.4. The molecule has 0 heterocycles. The maximum atomic E-state index is 11.9. The fraction of sp³-hybridized carbons (Fsp3) is 0. The van der Waals surface area contributed by atoms with Gasteiger partial charge in [0.05, 0.1) is 9.79 Å². The Labute approximate surface area is 366 Å². The second-order valence-corrected chi connectivity index (χ2v) is 17.2. The number of fused-ring (bicyclic) bond motifs is 4. The fourth-order valence-corrected chi connectivity index (χ4v) is 9.30. The summed E-state index contributed by atoms with van der Waals surface area (Å²) < 4.78 is 68.8. The molecular weight excluding hydrogens is 792 g/mol. The van der Waals surface area contributed by atoms with Gasteiger partial charge >= 0.3 is 18.9 Å². The Morgan fingerprint density at radius 2 is 0.557 bits per heavy atom. The normalized spacial score (nSPS) is 11.6. The SMILES string of the molecule is O=S(=O)(O)c1ccc2c(-c3ccccc3)c3ccccc3c(-c3ccccc3)c2c1.O=S(=O)([O-])c1ccc2c(-c3ccccc3)c3ccccc3c(-c3ccccc3)c2c1.[Li+]. The molecule has 61 heavy (non-hydrogen) atoms. The maximum absolute atomic E-state index is 11.9. The van der Waals surface area contributed by atoms with Crippen LogP contribution in [0.1, 0.15) is 0 Å². The van der Waals surface area contributed by atoms with E-state index in [1.807, 2.05) is 140 Å². The van der Waals surface area contributed by atoms with Crippen molar-refractivity contribution in [2.75, 3.05) is 0 Å². The van der Waals surface area contributed by atoms with Crippen molar-refractivity contribution >= 4 is 63.3 Å². The Kier molecular flexibility index (Phi) is 11.5.